The summed E-state index contributed by atoms with van der Waals surface area (Å²) < 4.78 is 0. The second kappa shape index (κ2) is 3.03. The molecule has 0 amide bonds. The SMILES string of the molecule is Nc1ncnc2[nH]c(-c3cccs3)nc12. The predicted molar refractivity (Wildman–Crippen MR) is 59.4 cm³/mol. The number of nitrogens with one attached hydrogen (secondary N) is 1. The van der Waals surface area contributed by atoms with Crippen molar-refractivity contribution in [1.82, 2.24) is 19.9 Å². The van der Waals surface area contributed by atoms with Crippen molar-refractivity contribution in [2.45, 2.75) is 0 Å². The van der Waals surface area contributed by atoms with Gasteiger partial charge in [-0.15, -0.1) is 11.3 Å². The molecule has 0 aliphatic carbocycles. The number of aromatic amines is 1. The Bertz CT molecular complexity index is 598. The first-order valence-electron chi connectivity index (χ1n) is 4.34. The Balaban J connectivity index is 2.27. The first kappa shape index (κ1) is 8.37. The number of nitrogens with zero attached hydrogens (tertiary/aromatic N) is 3. The van der Waals surface area contributed by atoms with Gasteiger partial charge in [0.1, 0.15) is 12.2 Å². The minimum absolute atomic E-state index is 0.402. The molecule has 0 radical (unpaired) electrons. The molecule has 3 aromatic heterocycles. The highest BCUT2D eigenvalue weighted by Gasteiger charge is 2.09. The largest absolute Gasteiger partial charge is 0.382 e. The van der Waals surface area contributed by atoms with Gasteiger partial charge in [0.15, 0.2) is 17.0 Å². The van der Waals surface area contributed by atoms with Crippen molar-refractivity contribution in [3.8, 4) is 10.7 Å². The molecule has 0 aliphatic rings. The molecule has 3 N–H and O–H groups in total. The normalized spacial score (nSPS) is 10.9. The van der Waals surface area contributed by atoms with E-state index in [1.165, 1.54) is 6.33 Å². The zero-order valence-corrected chi connectivity index (χ0v) is 8.45. The standard InChI is InChI=1S/C9H7N5S/c10-7-6-9(12-4-11-7)14-8(13-6)5-2-1-3-15-5/h1-4H,(H3,10,11,12,13,14). The molecule has 15 heavy (non-hydrogen) atoms. The van der Waals surface area contributed by atoms with Crippen molar-refractivity contribution in [2.24, 2.45) is 0 Å². The third-order valence-corrected chi connectivity index (χ3v) is 2.94. The van der Waals surface area contributed by atoms with Crippen molar-refractivity contribution >= 4 is 28.3 Å². The van der Waals surface area contributed by atoms with Crippen LogP contribution in [0.2, 0.25) is 0 Å². The number of hydrogen-bond acceptors (Lipinski definition) is 5. The minimum Gasteiger partial charge on any atom is -0.382 e. The van der Waals surface area contributed by atoms with Crippen molar-refractivity contribution in [1.29, 1.82) is 0 Å². The molecule has 74 valence electrons. The van der Waals surface area contributed by atoms with Crippen LogP contribution in [0.3, 0.4) is 0 Å². The highest BCUT2D eigenvalue weighted by Crippen LogP contribution is 2.24. The van der Waals surface area contributed by atoms with Gasteiger partial charge < -0.3 is 10.7 Å². The number of thiophene rings is 1. The van der Waals surface area contributed by atoms with Crippen LogP contribution in [0, 0.1) is 0 Å². The highest BCUT2D eigenvalue weighted by atomic mass is 32.1. The molecular weight excluding hydrogens is 210 g/mol. The van der Waals surface area contributed by atoms with E-state index in [1.54, 1.807) is 11.3 Å². The average Bonchev–Trinajstić information content (AvgIpc) is 2.86. The Morgan fingerprint density at radius 1 is 1.33 bits per heavy atom. The number of aromatic nitrogens is 4. The van der Waals surface area contributed by atoms with Gasteiger partial charge in [-0.25, -0.2) is 15.0 Å². The number of nitrogen functional groups attached to an aromatic ring is 1. The van der Waals surface area contributed by atoms with E-state index >= 15 is 0 Å². The zero-order valence-electron chi connectivity index (χ0n) is 7.64. The van der Waals surface area contributed by atoms with Gasteiger partial charge in [-0.3, -0.25) is 0 Å². The molecule has 0 unspecified atom stereocenters. The predicted octanol–water partition coefficient (Wildman–Crippen LogP) is 1.66. The Hall–Kier alpha value is -1.95. The molecule has 0 bridgehead atoms. The lowest BCUT2D eigenvalue weighted by atomic mass is 10.4. The first-order chi connectivity index (χ1) is 7.34. The number of anilines is 1. The molecule has 0 spiro atoms. The van der Waals surface area contributed by atoms with Crippen molar-refractivity contribution in [3.63, 3.8) is 0 Å². The van der Waals surface area contributed by atoms with E-state index < -0.39 is 0 Å². The first-order valence-corrected chi connectivity index (χ1v) is 5.22. The van der Waals surface area contributed by atoms with Crippen LogP contribution in [-0.4, -0.2) is 19.9 Å². The van der Waals surface area contributed by atoms with Crippen LogP contribution in [0.1, 0.15) is 0 Å². The highest BCUT2D eigenvalue weighted by molar-refractivity contribution is 7.13. The summed E-state index contributed by atoms with van der Waals surface area (Å²) in [6.07, 6.45) is 1.42. The fourth-order valence-corrected chi connectivity index (χ4v) is 2.05. The third-order valence-electron chi connectivity index (χ3n) is 2.07. The summed E-state index contributed by atoms with van der Waals surface area (Å²) in [7, 11) is 0. The van der Waals surface area contributed by atoms with Crippen LogP contribution in [0.25, 0.3) is 21.9 Å². The minimum atomic E-state index is 0.402. The smallest absolute Gasteiger partial charge is 0.163 e. The van der Waals surface area contributed by atoms with Crippen LogP contribution < -0.4 is 5.73 Å². The number of imidazole rings is 1. The molecule has 3 rings (SSSR count). The third kappa shape index (κ3) is 1.26. The number of nitrogens with two attached hydrogens (primary N) is 1. The topological polar surface area (TPSA) is 80.5 Å². The Morgan fingerprint density at radius 3 is 3.00 bits per heavy atom. The summed E-state index contributed by atoms with van der Waals surface area (Å²) in [4.78, 5) is 16.5. The van der Waals surface area contributed by atoms with Crippen molar-refractivity contribution in [2.75, 3.05) is 5.73 Å². The van der Waals surface area contributed by atoms with Gasteiger partial charge in [-0.2, -0.15) is 0 Å². The fourth-order valence-electron chi connectivity index (χ4n) is 1.38. The van der Waals surface area contributed by atoms with Gasteiger partial charge >= 0.3 is 0 Å². The Morgan fingerprint density at radius 2 is 2.27 bits per heavy atom. The van der Waals surface area contributed by atoms with Crippen LogP contribution in [0.5, 0.6) is 0 Å². The van der Waals surface area contributed by atoms with Gasteiger partial charge in [0.25, 0.3) is 0 Å². The maximum atomic E-state index is 5.69. The van der Waals surface area contributed by atoms with Gasteiger partial charge in [0.05, 0.1) is 4.88 Å². The van der Waals surface area contributed by atoms with E-state index in [9.17, 15) is 0 Å². The Kier molecular flexibility index (Phi) is 1.69. The van der Waals surface area contributed by atoms with Crippen LogP contribution in [-0.2, 0) is 0 Å². The summed E-state index contributed by atoms with van der Waals surface area (Å²) in [6, 6.07) is 3.97. The molecule has 0 aliphatic heterocycles. The molecule has 0 saturated heterocycles. The molecule has 0 atom stereocenters. The second-order valence-electron chi connectivity index (χ2n) is 3.02. The number of hydrogen-bond donors (Lipinski definition) is 2. The van der Waals surface area contributed by atoms with Gasteiger partial charge in [0.2, 0.25) is 0 Å². The molecule has 0 saturated carbocycles. The zero-order chi connectivity index (χ0) is 10.3. The number of rotatable bonds is 1. The van der Waals surface area contributed by atoms with Crippen molar-refractivity contribution in [3.05, 3.63) is 23.8 Å². The lowest BCUT2D eigenvalue weighted by molar-refractivity contribution is 1.21. The number of H-pyrrole nitrogens is 1. The van der Waals surface area contributed by atoms with E-state index in [0.29, 0.717) is 17.0 Å². The molecular formula is C9H7N5S. The quantitative estimate of drug-likeness (QED) is 0.649. The lowest BCUT2D eigenvalue weighted by Crippen LogP contribution is -1.91. The summed E-state index contributed by atoms with van der Waals surface area (Å²) in [5.74, 6) is 1.19. The van der Waals surface area contributed by atoms with Crippen LogP contribution in [0.15, 0.2) is 23.8 Å². The maximum absolute atomic E-state index is 5.69. The van der Waals surface area contributed by atoms with Gasteiger partial charge in [0, 0.05) is 0 Å². The van der Waals surface area contributed by atoms with Gasteiger partial charge in [-0.1, -0.05) is 6.07 Å². The lowest BCUT2D eigenvalue weighted by Gasteiger charge is -1.88. The summed E-state index contributed by atoms with van der Waals surface area (Å²) >= 11 is 1.61. The van der Waals surface area contributed by atoms with E-state index in [-0.39, 0.29) is 0 Å². The maximum Gasteiger partial charge on any atom is 0.163 e. The van der Waals surface area contributed by atoms with E-state index in [1.807, 2.05) is 17.5 Å². The molecule has 5 nitrogen and oxygen atoms in total. The fraction of sp³-hybridized carbons (Fsp3) is 0. The molecule has 6 heteroatoms. The molecule has 3 heterocycles. The summed E-state index contributed by atoms with van der Waals surface area (Å²) in [5.41, 5.74) is 6.99. The van der Waals surface area contributed by atoms with E-state index in [4.69, 9.17) is 5.73 Å². The molecule has 0 fully saturated rings. The van der Waals surface area contributed by atoms with Gasteiger partial charge in [-0.05, 0) is 11.4 Å². The Labute approximate surface area is 89.0 Å². The second-order valence-corrected chi connectivity index (χ2v) is 3.97. The molecule has 0 aromatic carbocycles. The summed E-state index contributed by atoms with van der Waals surface area (Å²) in [6.45, 7) is 0. The summed E-state index contributed by atoms with van der Waals surface area (Å²) in [5, 5.41) is 2.00. The van der Waals surface area contributed by atoms with E-state index in [2.05, 4.69) is 19.9 Å². The monoisotopic (exact) mass is 217 g/mol. The number of fused-ring (bicyclic) bond motifs is 1. The van der Waals surface area contributed by atoms with Crippen molar-refractivity contribution < 1.29 is 0 Å². The van der Waals surface area contributed by atoms with Crippen LogP contribution in [0.4, 0.5) is 5.82 Å². The average molecular weight is 217 g/mol. The van der Waals surface area contributed by atoms with E-state index in [0.717, 1.165) is 10.7 Å². The van der Waals surface area contributed by atoms with Crippen LogP contribution >= 0.6 is 11.3 Å². The molecule has 3 aromatic rings.